The van der Waals surface area contributed by atoms with Gasteiger partial charge >= 0.3 is 0 Å². The number of hydrogen-bond donors (Lipinski definition) is 1. The number of furan rings is 1. The largest absolute Gasteiger partial charge is 0.464 e. The molecule has 5 nitrogen and oxygen atoms in total. The third-order valence-electron chi connectivity index (χ3n) is 4.97. The van der Waals surface area contributed by atoms with E-state index in [0.29, 0.717) is 13.2 Å². The molecule has 0 bridgehead atoms. The van der Waals surface area contributed by atoms with Crippen LogP contribution in [0.2, 0.25) is 0 Å². The normalized spacial score (nSPS) is 14.5. The van der Waals surface area contributed by atoms with Crippen LogP contribution in [0.1, 0.15) is 16.7 Å². The average molecular weight is 364 g/mol. The number of para-hydroxylation sites is 2. The van der Waals surface area contributed by atoms with Crippen LogP contribution in [-0.2, 0) is 16.0 Å². The van der Waals surface area contributed by atoms with Gasteiger partial charge in [-0.05, 0) is 43.2 Å². The quantitative estimate of drug-likeness (QED) is 0.758. The van der Waals surface area contributed by atoms with Crippen LogP contribution in [0, 0.1) is 13.8 Å². The monoisotopic (exact) mass is 364 g/mol. The summed E-state index contributed by atoms with van der Waals surface area (Å²) >= 11 is 0. The second-order valence-electron chi connectivity index (χ2n) is 7.06. The fraction of sp³-hybridized carbons (Fsp3) is 0.318. The van der Waals surface area contributed by atoms with Crippen molar-refractivity contribution in [3.05, 3.63) is 59.4 Å². The number of fused-ring (bicyclic) bond motifs is 1. The van der Waals surface area contributed by atoms with Crippen LogP contribution in [0.5, 0.6) is 0 Å². The summed E-state index contributed by atoms with van der Waals surface area (Å²) in [5, 5.41) is 4.12. The minimum Gasteiger partial charge on any atom is -0.464 e. The summed E-state index contributed by atoms with van der Waals surface area (Å²) in [4.78, 5) is 15.0. The van der Waals surface area contributed by atoms with Crippen molar-refractivity contribution >= 4 is 28.3 Å². The zero-order chi connectivity index (χ0) is 18.8. The van der Waals surface area contributed by atoms with Crippen LogP contribution in [0.4, 0.5) is 11.4 Å². The van der Waals surface area contributed by atoms with Crippen LogP contribution < -0.4 is 10.2 Å². The molecule has 1 N–H and O–H groups in total. The molecule has 5 heteroatoms. The van der Waals surface area contributed by atoms with Crippen molar-refractivity contribution in [2.24, 2.45) is 0 Å². The Kier molecular flexibility index (Phi) is 4.86. The third-order valence-corrected chi connectivity index (χ3v) is 4.97. The zero-order valence-corrected chi connectivity index (χ0v) is 15.7. The van der Waals surface area contributed by atoms with Gasteiger partial charge in [0.05, 0.1) is 37.3 Å². The molecule has 0 atom stereocenters. The fourth-order valence-corrected chi connectivity index (χ4v) is 3.78. The molecule has 0 radical (unpaired) electrons. The summed E-state index contributed by atoms with van der Waals surface area (Å²) in [5.74, 6) is -0.0432. The number of anilines is 2. The van der Waals surface area contributed by atoms with Gasteiger partial charge in [-0.25, -0.2) is 0 Å². The Bertz CT molecular complexity index is 971. The van der Waals surface area contributed by atoms with Crippen molar-refractivity contribution in [1.82, 2.24) is 0 Å². The van der Waals surface area contributed by atoms with Crippen LogP contribution in [0.25, 0.3) is 11.0 Å². The lowest BCUT2D eigenvalue weighted by Gasteiger charge is -2.30. The highest BCUT2D eigenvalue weighted by molar-refractivity contribution is 5.98. The molecule has 0 aliphatic carbocycles. The molecule has 1 aromatic heterocycles. The Hall–Kier alpha value is -2.79. The number of carbonyl (C=O) groups excluding carboxylic acids is 1. The van der Waals surface area contributed by atoms with E-state index in [2.05, 4.69) is 23.2 Å². The van der Waals surface area contributed by atoms with E-state index in [1.54, 1.807) is 6.26 Å². The summed E-state index contributed by atoms with van der Waals surface area (Å²) < 4.78 is 11.1. The van der Waals surface area contributed by atoms with Crippen molar-refractivity contribution in [1.29, 1.82) is 0 Å². The summed E-state index contributed by atoms with van der Waals surface area (Å²) in [6.07, 6.45) is 1.99. The molecule has 0 spiro atoms. The number of ether oxygens (including phenoxy) is 1. The van der Waals surface area contributed by atoms with E-state index in [0.717, 1.165) is 52.1 Å². The van der Waals surface area contributed by atoms with Crippen LogP contribution in [-0.4, -0.2) is 32.2 Å². The van der Waals surface area contributed by atoms with Crippen molar-refractivity contribution in [2.75, 3.05) is 36.5 Å². The Morgan fingerprint density at radius 3 is 2.74 bits per heavy atom. The van der Waals surface area contributed by atoms with Crippen LogP contribution in [0.3, 0.4) is 0 Å². The number of amides is 1. The number of morpholine rings is 1. The molecule has 1 fully saturated rings. The first-order valence-electron chi connectivity index (χ1n) is 9.31. The van der Waals surface area contributed by atoms with Gasteiger partial charge in [0.2, 0.25) is 5.91 Å². The number of benzene rings is 2. The van der Waals surface area contributed by atoms with Crippen molar-refractivity contribution in [3.63, 3.8) is 0 Å². The molecule has 0 saturated carbocycles. The smallest absolute Gasteiger partial charge is 0.228 e. The number of hydrogen-bond acceptors (Lipinski definition) is 4. The molecular weight excluding hydrogens is 340 g/mol. The molecule has 4 rings (SSSR count). The highest BCUT2D eigenvalue weighted by Gasteiger charge is 2.17. The van der Waals surface area contributed by atoms with Gasteiger partial charge in [0.25, 0.3) is 0 Å². The number of nitrogens with one attached hydrogen (secondary N) is 1. The van der Waals surface area contributed by atoms with Gasteiger partial charge in [-0.15, -0.1) is 0 Å². The first-order valence-corrected chi connectivity index (χ1v) is 9.31. The Morgan fingerprint density at radius 2 is 1.93 bits per heavy atom. The summed E-state index contributed by atoms with van der Waals surface area (Å²) in [7, 11) is 0. The molecule has 1 aliphatic heterocycles. The van der Waals surface area contributed by atoms with E-state index in [4.69, 9.17) is 9.15 Å². The topological polar surface area (TPSA) is 54.7 Å². The zero-order valence-electron chi connectivity index (χ0n) is 15.7. The molecule has 1 amide bonds. The van der Waals surface area contributed by atoms with Crippen molar-refractivity contribution in [2.45, 2.75) is 20.3 Å². The van der Waals surface area contributed by atoms with E-state index in [1.807, 2.05) is 37.3 Å². The summed E-state index contributed by atoms with van der Waals surface area (Å²) in [5.41, 5.74) is 5.93. The van der Waals surface area contributed by atoms with E-state index < -0.39 is 0 Å². The molecule has 2 aromatic carbocycles. The third kappa shape index (κ3) is 3.69. The van der Waals surface area contributed by atoms with Gasteiger partial charge in [0.1, 0.15) is 5.58 Å². The van der Waals surface area contributed by atoms with E-state index in [-0.39, 0.29) is 12.3 Å². The Balaban J connectivity index is 1.54. The SMILES string of the molecule is Cc1cc(C)c2c(CC(=O)Nc3ccccc3N3CCOCC3)coc2c1. The second kappa shape index (κ2) is 7.45. The van der Waals surface area contributed by atoms with Gasteiger partial charge in [0.15, 0.2) is 0 Å². The molecule has 1 saturated heterocycles. The first-order chi connectivity index (χ1) is 13.1. The number of rotatable bonds is 4. The fourth-order valence-electron chi connectivity index (χ4n) is 3.78. The Morgan fingerprint density at radius 1 is 1.15 bits per heavy atom. The molecule has 1 aliphatic rings. The number of nitrogens with zero attached hydrogens (tertiary/aromatic N) is 1. The predicted molar refractivity (Wildman–Crippen MR) is 107 cm³/mol. The predicted octanol–water partition coefficient (Wildman–Crippen LogP) is 4.07. The van der Waals surface area contributed by atoms with Gasteiger partial charge in [-0.1, -0.05) is 18.2 Å². The highest BCUT2D eigenvalue weighted by Crippen LogP contribution is 2.29. The minimum atomic E-state index is -0.0432. The molecule has 3 aromatic rings. The summed E-state index contributed by atoms with van der Waals surface area (Å²) in [6, 6.07) is 12.1. The Labute approximate surface area is 158 Å². The lowest BCUT2D eigenvalue weighted by atomic mass is 10.0. The number of aryl methyl sites for hydroxylation is 2. The lowest BCUT2D eigenvalue weighted by molar-refractivity contribution is -0.115. The van der Waals surface area contributed by atoms with Crippen LogP contribution >= 0.6 is 0 Å². The molecular formula is C22H24N2O3. The molecule has 0 unspecified atom stereocenters. The van der Waals surface area contributed by atoms with Gasteiger partial charge < -0.3 is 19.4 Å². The summed E-state index contributed by atoms with van der Waals surface area (Å²) in [6.45, 7) is 7.18. The standard InChI is InChI=1S/C22H24N2O3/c1-15-11-16(2)22-17(14-27-20(22)12-15)13-21(25)23-18-5-3-4-6-19(18)24-7-9-26-10-8-24/h3-6,11-12,14H,7-10,13H2,1-2H3,(H,23,25). The molecule has 2 heterocycles. The number of carbonyl (C=O) groups is 1. The maximum atomic E-state index is 12.7. The van der Waals surface area contributed by atoms with Crippen LogP contribution in [0.15, 0.2) is 47.1 Å². The minimum absolute atomic E-state index is 0.0432. The molecule has 27 heavy (non-hydrogen) atoms. The van der Waals surface area contributed by atoms with Gasteiger partial charge in [-0.2, -0.15) is 0 Å². The van der Waals surface area contributed by atoms with Crippen molar-refractivity contribution in [3.8, 4) is 0 Å². The average Bonchev–Trinajstić information content (AvgIpc) is 3.05. The highest BCUT2D eigenvalue weighted by atomic mass is 16.5. The maximum absolute atomic E-state index is 12.7. The lowest BCUT2D eigenvalue weighted by Crippen LogP contribution is -2.36. The maximum Gasteiger partial charge on any atom is 0.228 e. The van der Waals surface area contributed by atoms with E-state index >= 15 is 0 Å². The molecule has 140 valence electrons. The van der Waals surface area contributed by atoms with E-state index in [9.17, 15) is 4.79 Å². The second-order valence-corrected chi connectivity index (χ2v) is 7.06. The first kappa shape index (κ1) is 17.6. The van der Waals surface area contributed by atoms with E-state index in [1.165, 1.54) is 0 Å². The van der Waals surface area contributed by atoms with Gasteiger partial charge in [0, 0.05) is 24.0 Å². The van der Waals surface area contributed by atoms with Crippen molar-refractivity contribution < 1.29 is 13.9 Å². The van der Waals surface area contributed by atoms with Gasteiger partial charge in [-0.3, -0.25) is 4.79 Å².